The molecule has 0 radical (unpaired) electrons. The SMILES string of the molecule is O=C(CSc1nnc(Nc2ccccc2F)s1)N1CCN(Cc2ccccc2)CC1. The summed E-state index contributed by atoms with van der Waals surface area (Å²) in [6.07, 6.45) is 0. The molecule has 3 aromatic rings. The van der Waals surface area contributed by atoms with E-state index in [-0.39, 0.29) is 11.7 Å². The van der Waals surface area contributed by atoms with Crippen LogP contribution in [-0.4, -0.2) is 57.8 Å². The lowest BCUT2D eigenvalue weighted by atomic mass is 10.2. The van der Waals surface area contributed by atoms with Crippen molar-refractivity contribution in [2.24, 2.45) is 0 Å². The lowest BCUT2D eigenvalue weighted by molar-refractivity contribution is -0.130. The number of nitrogens with zero attached hydrogens (tertiary/aromatic N) is 4. The van der Waals surface area contributed by atoms with E-state index in [1.54, 1.807) is 18.2 Å². The van der Waals surface area contributed by atoms with Gasteiger partial charge in [-0.2, -0.15) is 0 Å². The molecule has 4 rings (SSSR count). The predicted octanol–water partition coefficient (Wildman–Crippen LogP) is 3.86. The van der Waals surface area contributed by atoms with Gasteiger partial charge in [0.1, 0.15) is 5.82 Å². The molecule has 1 N–H and O–H groups in total. The van der Waals surface area contributed by atoms with Crippen LogP contribution < -0.4 is 5.32 Å². The van der Waals surface area contributed by atoms with E-state index in [1.165, 1.54) is 34.7 Å². The zero-order valence-corrected chi connectivity index (χ0v) is 18.0. The minimum atomic E-state index is -0.344. The Balaban J connectivity index is 1.22. The van der Waals surface area contributed by atoms with Gasteiger partial charge in [0.2, 0.25) is 11.0 Å². The number of nitrogens with one attached hydrogen (secondary N) is 1. The number of thioether (sulfide) groups is 1. The van der Waals surface area contributed by atoms with E-state index >= 15 is 0 Å². The predicted molar refractivity (Wildman–Crippen MR) is 119 cm³/mol. The highest BCUT2D eigenvalue weighted by atomic mass is 32.2. The molecule has 0 bridgehead atoms. The van der Waals surface area contributed by atoms with Crippen LogP contribution in [0.4, 0.5) is 15.2 Å². The smallest absolute Gasteiger partial charge is 0.233 e. The van der Waals surface area contributed by atoms with E-state index in [0.29, 0.717) is 20.9 Å². The molecular weight excluding hydrogens is 421 g/mol. The van der Waals surface area contributed by atoms with E-state index in [2.05, 4.69) is 44.7 Å². The normalized spacial score (nSPS) is 14.6. The molecule has 1 aliphatic heterocycles. The van der Waals surface area contributed by atoms with E-state index < -0.39 is 0 Å². The van der Waals surface area contributed by atoms with Gasteiger partial charge in [-0.05, 0) is 17.7 Å². The van der Waals surface area contributed by atoms with Crippen molar-refractivity contribution in [3.05, 3.63) is 66.0 Å². The van der Waals surface area contributed by atoms with E-state index in [0.717, 1.165) is 32.7 Å². The van der Waals surface area contributed by atoms with Crippen molar-refractivity contribution < 1.29 is 9.18 Å². The number of amides is 1. The van der Waals surface area contributed by atoms with Crippen LogP contribution >= 0.6 is 23.1 Å². The standard InChI is InChI=1S/C21H22FN5OS2/c22-17-8-4-5-9-18(17)23-20-24-25-21(30-20)29-15-19(28)27-12-10-26(11-13-27)14-16-6-2-1-3-7-16/h1-9H,10-15H2,(H,23,24). The molecule has 9 heteroatoms. The highest BCUT2D eigenvalue weighted by Crippen LogP contribution is 2.28. The monoisotopic (exact) mass is 443 g/mol. The number of carbonyl (C=O) groups excluding carboxylic acids is 1. The number of hydrogen-bond donors (Lipinski definition) is 1. The van der Waals surface area contributed by atoms with Crippen LogP contribution in [0.25, 0.3) is 0 Å². The van der Waals surface area contributed by atoms with Crippen LogP contribution in [0.1, 0.15) is 5.56 Å². The van der Waals surface area contributed by atoms with Gasteiger partial charge in [-0.25, -0.2) is 4.39 Å². The molecular formula is C21H22FN5OS2. The highest BCUT2D eigenvalue weighted by molar-refractivity contribution is 8.01. The Kier molecular flexibility index (Phi) is 6.93. The zero-order chi connectivity index (χ0) is 20.8. The first-order chi connectivity index (χ1) is 14.7. The maximum absolute atomic E-state index is 13.7. The average molecular weight is 444 g/mol. The van der Waals surface area contributed by atoms with Crippen LogP contribution in [0.2, 0.25) is 0 Å². The molecule has 0 atom stereocenters. The number of aromatic nitrogens is 2. The first kappa shape index (κ1) is 20.8. The van der Waals surface area contributed by atoms with Crippen LogP contribution in [0, 0.1) is 5.82 Å². The molecule has 0 unspecified atom stereocenters. The number of rotatable bonds is 7. The largest absolute Gasteiger partial charge is 0.339 e. The second-order valence-electron chi connectivity index (χ2n) is 6.91. The summed E-state index contributed by atoms with van der Waals surface area (Å²) in [6.45, 7) is 4.15. The third-order valence-corrected chi connectivity index (χ3v) is 6.77. The van der Waals surface area contributed by atoms with Gasteiger partial charge < -0.3 is 10.2 Å². The van der Waals surface area contributed by atoms with E-state index in [4.69, 9.17) is 0 Å². The van der Waals surface area contributed by atoms with Gasteiger partial charge >= 0.3 is 0 Å². The molecule has 6 nitrogen and oxygen atoms in total. The summed E-state index contributed by atoms with van der Waals surface area (Å²) in [5, 5.41) is 11.5. The van der Waals surface area contributed by atoms with Crippen LogP contribution in [-0.2, 0) is 11.3 Å². The summed E-state index contributed by atoms with van der Waals surface area (Å²) < 4.78 is 14.4. The second-order valence-corrected chi connectivity index (χ2v) is 9.11. The van der Waals surface area contributed by atoms with Gasteiger partial charge in [-0.1, -0.05) is 65.6 Å². The molecule has 156 valence electrons. The van der Waals surface area contributed by atoms with Gasteiger partial charge in [0.15, 0.2) is 4.34 Å². The fourth-order valence-electron chi connectivity index (χ4n) is 3.21. The Bertz CT molecular complexity index is 976. The molecule has 2 heterocycles. The van der Waals surface area contributed by atoms with E-state index in [1.807, 2.05) is 11.0 Å². The summed E-state index contributed by atoms with van der Waals surface area (Å²) in [6, 6.07) is 16.8. The van der Waals surface area contributed by atoms with Gasteiger partial charge in [0.25, 0.3) is 0 Å². The quantitative estimate of drug-likeness (QED) is 0.560. The summed E-state index contributed by atoms with van der Waals surface area (Å²) in [5.41, 5.74) is 1.65. The minimum absolute atomic E-state index is 0.109. The molecule has 1 aromatic heterocycles. The average Bonchev–Trinajstić information content (AvgIpc) is 3.22. The van der Waals surface area contributed by atoms with Gasteiger partial charge in [0.05, 0.1) is 11.4 Å². The fraction of sp³-hybridized carbons (Fsp3) is 0.286. The Morgan fingerprint density at radius 3 is 2.53 bits per heavy atom. The number of carbonyl (C=O) groups is 1. The number of benzene rings is 2. The number of hydrogen-bond acceptors (Lipinski definition) is 7. The number of anilines is 2. The van der Waals surface area contributed by atoms with E-state index in [9.17, 15) is 9.18 Å². The lowest BCUT2D eigenvalue weighted by Crippen LogP contribution is -2.48. The maximum Gasteiger partial charge on any atom is 0.233 e. The van der Waals surface area contributed by atoms with Gasteiger partial charge in [-0.3, -0.25) is 9.69 Å². The molecule has 0 spiro atoms. The Morgan fingerprint density at radius 1 is 1.03 bits per heavy atom. The van der Waals surface area contributed by atoms with Crippen LogP contribution in [0.3, 0.4) is 0 Å². The summed E-state index contributed by atoms with van der Waals surface area (Å²) in [5.74, 6) is 0.0918. The minimum Gasteiger partial charge on any atom is -0.339 e. The molecule has 0 aliphatic carbocycles. The fourth-order valence-corrected chi connectivity index (χ4v) is 4.88. The Hall–Kier alpha value is -2.49. The number of piperazine rings is 1. The summed E-state index contributed by atoms with van der Waals surface area (Å²) in [4.78, 5) is 16.8. The van der Waals surface area contributed by atoms with Crippen LogP contribution in [0.5, 0.6) is 0 Å². The van der Waals surface area contributed by atoms with Crippen molar-refractivity contribution in [3.8, 4) is 0 Å². The molecule has 2 aromatic carbocycles. The third kappa shape index (κ3) is 5.56. The van der Waals surface area contributed by atoms with Crippen molar-refractivity contribution in [2.75, 3.05) is 37.2 Å². The molecule has 1 saturated heterocycles. The topological polar surface area (TPSA) is 61.4 Å². The summed E-state index contributed by atoms with van der Waals surface area (Å²) in [7, 11) is 0. The third-order valence-electron chi connectivity index (χ3n) is 4.82. The number of para-hydroxylation sites is 1. The molecule has 30 heavy (non-hydrogen) atoms. The van der Waals surface area contributed by atoms with Crippen molar-refractivity contribution in [3.63, 3.8) is 0 Å². The van der Waals surface area contributed by atoms with Crippen molar-refractivity contribution in [2.45, 2.75) is 10.9 Å². The second kappa shape index (κ2) is 10.0. The van der Waals surface area contributed by atoms with Gasteiger partial charge in [0, 0.05) is 32.7 Å². The molecule has 0 saturated carbocycles. The zero-order valence-electron chi connectivity index (χ0n) is 16.3. The summed E-state index contributed by atoms with van der Waals surface area (Å²) >= 11 is 2.68. The van der Waals surface area contributed by atoms with Crippen molar-refractivity contribution in [1.29, 1.82) is 0 Å². The van der Waals surface area contributed by atoms with Crippen LogP contribution in [0.15, 0.2) is 58.9 Å². The molecule has 1 fully saturated rings. The molecule has 1 amide bonds. The highest BCUT2D eigenvalue weighted by Gasteiger charge is 2.21. The van der Waals surface area contributed by atoms with Gasteiger partial charge in [-0.15, -0.1) is 10.2 Å². The lowest BCUT2D eigenvalue weighted by Gasteiger charge is -2.34. The maximum atomic E-state index is 13.7. The Labute approximate surface area is 183 Å². The first-order valence-corrected chi connectivity index (χ1v) is 11.5. The van der Waals surface area contributed by atoms with Crippen molar-refractivity contribution in [1.82, 2.24) is 20.0 Å². The molecule has 1 aliphatic rings. The van der Waals surface area contributed by atoms with Crippen molar-refractivity contribution >= 4 is 39.8 Å². The Morgan fingerprint density at radius 2 is 1.77 bits per heavy atom. The first-order valence-electron chi connectivity index (χ1n) is 9.69. The number of halogens is 1.